The third-order valence-corrected chi connectivity index (χ3v) is 8.32. The molecule has 0 saturated carbocycles. The molecule has 2 bridgehead atoms. The number of thioether (sulfide) groups is 1. The van der Waals surface area contributed by atoms with Crippen LogP contribution in [0.5, 0.6) is 5.75 Å². The smallest absolute Gasteiger partial charge is 0.243 e. The second kappa shape index (κ2) is 15.0. The van der Waals surface area contributed by atoms with E-state index in [0.717, 1.165) is 24.2 Å². The number of halogens is 1. The largest absolute Gasteiger partial charge is 0.494 e. The van der Waals surface area contributed by atoms with Gasteiger partial charge in [0.15, 0.2) is 0 Å². The number of amides is 2. The van der Waals surface area contributed by atoms with Crippen molar-refractivity contribution in [2.75, 3.05) is 18.1 Å². The predicted octanol–water partition coefficient (Wildman–Crippen LogP) is 2.78. The first-order chi connectivity index (χ1) is 18.3. The molecule has 0 aromatic heterocycles. The van der Waals surface area contributed by atoms with E-state index in [-0.39, 0.29) is 12.3 Å². The first-order valence-electron chi connectivity index (χ1n) is 12.6. The highest BCUT2D eigenvalue weighted by Gasteiger charge is 2.30. The molecule has 0 aliphatic carbocycles. The molecule has 1 unspecified atom stereocenters. The number of carbonyl (C=O) groups excluding carboxylic acids is 3. The van der Waals surface area contributed by atoms with E-state index in [4.69, 9.17) is 4.74 Å². The first kappa shape index (κ1) is 29.8. The van der Waals surface area contributed by atoms with Crippen molar-refractivity contribution in [1.82, 2.24) is 15.4 Å². The van der Waals surface area contributed by atoms with Gasteiger partial charge < -0.3 is 20.2 Å². The molecule has 4 atom stereocenters. The van der Waals surface area contributed by atoms with E-state index in [1.807, 2.05) is 24.3 Å². The van der Waals surface area contributed by atoms with Gasteiger partial charge in [0.25, 0.3) is 0 Å². The summed E-state index contributed by atoms with van der Waals surface area (Å²) >= 11 is 1.57. The zero-order chi connectivity index (χ0) is 27.5. The number of rotatable bonds is 5. The molecule has 2 aromatic carbocycles. The molecule has 0 radical (unpaired) electrons. The van der Waals surface area contributed by atoms with Crippen molar-refractivity contribution in [3.8, 4) is 5.75 Å². The van der Waals surface area contributed by atoms with E-state index in [2.05, 4.69) is 15.4 Å². The number of ether oxygens (including phenoxy) is 1. The maximum absolute atomic E-state index is 13.4. The van der Waals surface area contributed by atoms with Gasteiger partial charge in [-0.15, -0.1) is 0 Å². The summed E-state index contributed by atoms with van der Waals surface area (Å²) in [7, 11) is -1.82. The van der Waals surface area contributed by atoms with Crippen molar-refractivity contribution in [1.29, 1.82) is 0 Å². The molecule has 11 heteroatoms. The third-order valence-electron chi connectivity index (χ3n) is 5.94. The van der Waals surface area contributed by atoms with Crippen LogP contribution in [0.3, 0.4) is 0 Å². The van der Waals surface area contributed by atoms with E-state index in [0.29, 0.717) is 29.3 Å². The Morgan fingerprint density at radius 2 is 1.76 bits per heavy atom. The zero-order valence-electron chi connectivity index (χ0n) is 21.5. The van der Waals surface area contributed by atoms with Gasteiger partial charge in [-0.2, -0.15) is 11.8 Å². The summed E-state index contributed by atoms with van der Waals surface area (Å²) in [6.07, 6.45) is 2.64. The molecule has 2 amide bonds. The molecule has 4 rings (SSSR count). The van der Waals surface area contributed by atoms with Crippen molar-refractivity contribution in [2.45, 2.75) is 56.1 Å². The Kier molecular flexibility index (Phi) is 11.8. The molecule has 8 nitrogen and oxygen atoms in total. The maximum Gasteiger partial charge on any atom is 0.243 e. The van der Waals surface area contributed by atoms with Crippen molar-refractivity contribution < 1.29 is 27.7 Å². The Morgan fingerprint density at radius 3 is 2.42 bits per heavy atom. The summed E-state index contributed by atoms with van der Waals surface area (Å²) in [5.74, 6) is 0.245. The second-order valence-corrected chi connectivity index (χ2v) is 11.7. The standard InChI is InChI=1S/C27H34FN3O5S2/c1-18(2)25-27(34)29-21(16-32)17-37-14-4-3-13-36-22-9-5-19(6-10-22)15-24(26(33)30-25)31-38(35)23-11-7-20(28)8-12-23/h5-12,16,18,21,24-25,31H,3-4,13-15,17H2,1-2H3,(H,29,34)(H,30,33)/t21-,24+,25+,38?/m1/s1. The molecule has 0 saturated heterocycles. The number of fused-ring (bicyclic) bond motifs is 16. The molecular weight excluding hydrogens is 529 g/mol. The summed E-state index contributed by atoms with van der Waals surface area (Å²) in [6, 6.07) is 9.92. The average molecular weight is 564 g/mol. The first-order valence-corrected chi connectivity index (χ1v) is 14.9. The number of hydrogen-bond donors (Lipinski definition) is 3. The van der Waals surface area contributed by atoms with Crippen LogP contribution in [0.1, 0.15) is 32.3 Å². The fraction of sp³-hybridized carbons (Fsp3) is 0.444. The Labute approximate surface area is 229 Å². The fourth-order valence-electron chi connectivity index (χ4n) is 3.78. The highest BCUT2D eigenvalue weighted by molar-refractivity contribution is 7.99. The lowest BCUT2D eigenvalue weighted by molar-refractivity contribution is -0.131. The molecule has 3 N–H and O–H groups in total. The predicted molar refractivity (Wildman–Crippen MR) is 147 cm³/mol. The number of hydrogen-bond acceptors (Lipinski definition) is 6. The van der Waals surface area contributed by atoms with Crippen molar-refractivity contribution in [3.05, 3.63) is 59.9 Å². The van der Waals surface area contributed by atoms with E-state index >= 15 is 0 Å². The van der Waals surface area contributed by atoms with Crippen LogP contribution in [-0.2, 0) is 31.8 Å². The van der Waals surface area contributed by atoms with Crippen LogP contribution in [0.2, 0.25) is 0 Å². The molecule has 2 aliphatic heterocycles. The van der Waals surface area contributed by atoms with Gasteiger partial charge >= 0.3 is 0 Å². The minimum Gasteiger partial charge on any atom is -0.494 e. The van der Waals surface area contributed by atoms with E-state index in [1.54, 1.807) is 25.6 Å². The monoisotopic (exact) mass is 563 g/mol. The van der Waals surface area contributed by atoms with E-state index in [1.165, 1.54) is 24.3 Å². The van der Waals surface area contributed by atoms with E-state index in [9.17, 15) is 23.0 Å². The van der Waals surface area contributed by atoms with Crippen LogP contribution in [0.25, 0.3) is 0 Å². The SMILES string of the molecule is CC(C)[C@@H]1NC(=O)[C@@H](NS(=O)c2ccc(F)cc2)Cc2ccc(cc2)OCCCCSC[C@@H](C=O)NC1=O. The van der Waals surface area contributed by atoms with Crippen LogP contribution < -0.4 is 20.1 Å². The minimum atomic E-state index is -1.82. The Bertz CT molecular complexity index is 1100. The lowest BCUT2D eigenvalue weighted by Crippen LogP contribution is -2.57. The van der Waals surface area contributed by atoms with Gasteiger partial charge in [0.2, 0.25) is 11.8 Å². The quantitative estimate of drug-likeness (QED) is 0.483. The van der Waals surface area contributed by atoms with Gasteiger partial charge in [-0.1, -0.05) is 26.0 Å². The highest BCUT2D eigenvalue weighted by Crippen LogP contribution is 2.16. The highest BCUT2D eigenvalue weighted by atomic mass is 32.2. The molecule has 0 spiro atoms. The van der Waals surface area contributed by atoms with Crippen LogP contribution in [0.15, 0.2) is 53.4 Å². The summed E-state index contributed by atoms with van der Waals surface area (Å²) in [5, 5.41) is 5.51. The van der Waals surface area contributed by atoms with Crippen LogP contribution >= 0.6 is 11.8 Å². The molecule has 2 heterocycles. The average Bonchev–Trinajstić information content (AvgIpc) is 2.90. The molecule has 2 aliphatic rings. The number of benzene rings is 2. The Balaban J connectivity index is 1.86. The third kappa shape index (κ3) is 9.21. The number of carbonyl (C=O) groups is 3. The maximum atomic E-state index is 13.4. The number of nitrogens with one attached hydrogen (secondary N) is 3. The Morgan fingerprint density at radius 1 is 1.05 bits per heavy atom. The van der Waals surface area contributed by atoms with Crippen LogP contribution in [-0.4, -0.2) is 58.5 Å². The molecule has 2 aromatic rings. The molecular formula is C27H34FN3O5S2. The van der Waals surface area contributed by atoms with Crippen LogP contribution in [0.4, 0.5) is 4.39 Å². The van der Waals surface area contributed by atoms with Crippen molar-refractivity contribution in [2.24, 2.45) is 5.92 Å². The summed E-state index contributed by atoms with van der Waals surface area (Å²) in [6.45, 7) is 4.14. The normalized spacial score (nSPS) is 22.8. The van der Waals surface area contributed by atoms with Crippen molar-refractivity contribution in [3.63, 3.8) is 0 Å². The van der Waals surface area contributed by atoms with Gasteiger partial charge in [-0.25, -0.2) is 13.3 Å². The summed E-state index contributed by atoms with van der Waals surface area (Å²) in [5.41, 5.74) is 0.794. The zero-order valence-corrected chi connectivity index (χ0v) is 23.1. The lowest BCUT2D eigenvalue weighted by atomic mass is 10.0. The summed E-state index contributed by atoms with van der Waals surface area (Å²) < 4.78 is 35.0. The lowest BCUT2D eigenvalue weighted by Gasteiger charge is -2.26. The topological polar surface area (TPSA) is 114 Å². The summed E-state index contributed by atoms with van der Waals surface area (Å²) in [4.78, 5) is 38.4. The fourth-order valence-corrected chi connectivity index (χ4v) is 5.74. The van der Waals surface area contributed by atoms with Gasteiger partial charge in [0, 0.05) is 5.75 Å². The Hall–Kier alpha value is -2.76. The van der Waals surface area contributed by atoms with Gasteiger partial charge in [0.1, 0.15) is 40.9 Å². The molecule has 0 fully saturated rings. The number of aldehydes is 1. The second-order valence-electron chi connectivity index (χ2n) is 9.35. The molecule has 38 heavy (non-hydrogen) atoms. The van der Waals surface area contributed by atoms with Gasteiger partial charge in [-0.3, -0.25) is 9.59 Å². The van der Waals surface area contributed by atoms with Gasteiger partial charge in [0.05, 0.1) is 17.5 Å². The van der Waals surface area contributed by atoms with E-state index < -0.39 is 46.7 Å². The van der Waals surface area contributed by atoms with Crippen LogP contribution in [0, 0.1) is 11.7 Å². The minimum absolute atomic E-state index is 0.180. The van der Waals surface area contributed by atoms with Gasteiger partial charge in [-0.05, 0) is 72.9 Å². The molecule has 206 valence electrons. The van der Waals surface area contributed by atoms with Crippen molar-refractivity contribution >= 4 is 40.8 Å².